The fourth-order valence-electron chi connectivity index (χ4n) is 3.81. The highest BCUT2D eigenvalue weighted by atomic mass is 16.2. The summed E-state index contributed by atoms with van der Waals surface area (Å²) in [5.41, 5.74) is 1.76. The largest absolute Gasteiger partial charge is 0.354 e. The molecule has 0 radical (unpaired) electrons. The SMILES string of the molecule is Cc1cccc(C(=O)N2CCC(C(NC(=O)CC(C)C)C(=O)NCC(C)C)CC2)c1. The normalized spacial score (nSPS) is 15.9. The highest BCUT2D eigenvalue weighted by molar-refractivity contribution is 5.94. The van der Waals surface area contributed by atoms with Crippen molar-refractivity contribution >= 4 is 17.7 Å². The number of amides is 3. The monoisotopic (exact) mass is 415 g/mol. The Kier molecular flexibility index (Phi) is 8.88. The Labute approximate surface area is 180 Å². The fourth-order valence-corrected chi connectivity index (χ4v) is 3.81. The summed E-state index contributed by atoms with van der Waals surface area (Å²) in [4.78, 5) is 39.9. The van der Waals surface area contributed by atoms with Gasteiger partial charge in [-0.2, -0.15) is 0 Å². The Morgan fingerprint density at radius 3 is 2.30 bits per heavy atom. The molecule has 1 aliphatic rings. The van der Waals surface area contributed by atoms with Crippen LogP contribution in [0, 0.1) is 24.7 Å². The summed E-state index contributed by atoms with van der Waals surface area (Å²) in [5.74, 6) is 0.418. The Bertz CT molecular complexity index is 737. The smallest absolute Gasteiger partial charge is 0.253 e. The molecule has 2 N–H and O–H groups in total. The number of likely N-dealkylation sites (tertiary alicyclic amines) is 1. The van der Waals surface area contributed by atoms with Crippen molar-refractivity contribution in [2.45, 2.75) is 59.9 Å². The molecular formula is C24H37N3O3. The first-order chi connectivity index (χ1) is 14.2. The number of hydrogen-bond acceptors (Lipinski definition) is 3. The van der Waals surface area contributed by atoms with Crippen molar-refractivity contribution in [3.63, 3.8) is 0 Å². The van der Waals surface area contributed by atoms with Crippen LogP contribution in [0.2, 0.25) is 0 Å². The Balaban J connectivity index is 2.02. The molecule has 2 rings (SSSR count). The molecule has 30 heavy (non-hydrogen) atoms. The lowest BCUT2D eigenvalue weighted by atomic mass is 9.88. The van der Waals surface area contributed by atoms with Crippen molar-refractivity contribution in [2.24, 2.45) is 17.8 Å². The summed E-state index contributed by atoms with van der Waals surface area (Å²) < 4.78 is 0. The van der Waals surface area contributed by atoms with Gasteiger partial charge in [-0.15, -0.1) is 0 Å². The molecule has 1 fully saturated rings. The molecule has 0 aromatic heterocycles. The number of carbonyl (C=O) groups is 3. The fraction of sp³-hybridized carbons (Fsp3) is 0.625. The lowest BCUT2D eigenvalue weighted by molar-refractivity contribution is -0.131. The quantitative estimate of drug-likeness (QED) is 0.685. The van der Waals surface area contributed by atoms with E-state index in [2.05, 4.69) is 10.6 Å². The molecule has 1 atom stereocenters. The molecule has 1 saturated heterocycles. The second-order valence-electron chi connectivity index (χ2n) is 9.28. The van der Waals surface area contributed by atoms with E-state index in [4.69, 9.17) is 0 Å². The van der Waals surface area contributed by atoms with Gasteiger partial charge in [0.2, 0.25) is 11.8 Å². The lowest BCUT2D eigenvalue weighted by Crippen LogP contribution is -2.54. The van der Waals surface area contributed by atoms with Crippen LogP contribution in [0.5, 0.6) is 0 Å². The minimum atomic E-state index is -0.550. The van der Waals surface area contributed by atoms with E-state index >= 15 is 0 Å². The summed E-state index contributed by atoms with van der Waals surface area (Å²) >= 11 is 0. The average molecular weight is 416 g/mol. The van der Waals surface area contributed by atoms with Crippen LogP contribution in [-0.4, -0.2) is 48.3 Å². The van der Waals surface area contributed by atoms with Crippen molar-refractivity contribution in [1.82, 2.24) is 15.5 Å². The van der Waals surface area contributed by atoms with Gasteiger partial charge in [-0.3, -0.25) is 14.4 Å². The van der Waals surface area contributed by atoms with Gasteiger partial charge in [-0.25, -0.2) is 0 Å². The molecule has 1 aromatic rings. The number of piperidine rings is 1. The third kappa shape index (κ3) is 7.15. The van der Waals surface area contributed by atoms with E-state index in [0.717, 1.165) is 5.56 Å². The molecule has 1 aromatic carbocycles. The maximum absolute atomic E-state index is 12.8. The zero-order chi connectivity index (χ0) is 22.3. The zero-order valence-electron chi connectivity index (χ0n) is 19.0. The number of nitrogens with one attached hydrogen (secondary N) is 2. The van der Waals surface area contributed by atoms with Gasteiger partial charge in [0, 0.05) is 31.6 Å². The molecule has 3 amide bonds. The van der Waals surface area contributed by atoms with E-state index < -0.39 is 6.04 Å². The van der Waals surface area contributed by atoms with E-state index in [9.17, 15) is 14.4 Å². The van der Waals surface area contributed by atoms with Crippen LogP contribution in [0.25, 0.3) is 0 Å². The van der Waals surface area contributed by atoms with Crippen LogP contribution in [-0.2, 0) is 9.59 Å². The minimum absolute atomic E-state index is 0.0230. The van der Waals surface area contributed by atoms with Crippen molar-refractivity contribution in [3.8, 4) is 0 Å². The molecule has 166 valence electrons. The molecule has 6 heteroatoms. The van der Waals surface area contributed by atoms with Gasteiger partial charge >= 0.3 is 0 Å². The van der Waals surface area contributed by atoms with E-state index in [0.29, 0.717) is 50.4 Å². The predicted molar refractivity (Wildman–Crippen MR) is 119 cm³/mol. The average Bonchev–Trinajstić information content (AvgIpc) is 2.69. The van der Waals surface area contributed by atoms with E-state index in [1.54, 1.807) is 0 Å². The zero-order valence-corrected chi connectivity index (χ0v) is 19.0. The molecule has 1 unspecified atom stereocenters. The molecule has 0 aliphatic carbocycles. The summed E-state index contributed by atoms with van der Waals surface area (Å²) in [6.07, 6.45) is 1.79. The van der Waals surface area contributed by atoms with Crippen LogP contribution >= 0.6 is 0 Å². The maximum Gasteiger partial charge on any atom is 0.253 e. The number of carbonyl (C=O) groups excluding carboxylic acids is 3. The highest BCUT2D eigenvalue weighted by Crippen LogP contribution is 2.23. The highest BCUT2D eigenvalue weighted by Gasteiger charge is 2.34. The standard InChI is InChI=1S/C24H37N3O3/c1-16(2)13-21(28)26-22(23(29)25-15-17(3)4)19-9-11-27(12-10-19)24(30)20-8-6-7-18(5)14-20/h6-8,14,16-17,19,22H,9-13,15H2,1-5H3,(H,25,29)(H,26,28). The summed E-state index contributed by atoms with van der Waals surface area (Å²) in [6, 6.07) is 7.07. The number of benzene rings is 1. The van der Waals surface area contributed by atoms with Gasteiger partial charge in [0.25, 0.3) is 5.91 Å². The Morgan fingerprint density at radius 1 is 1.07 bits per heavy atom. The third-order valence-corrected chi connectivity index (χ3v) is 5.44. The molecule has 0 bridgehead atoms. The predicted octanol–water partition coefficient (Wildman–Crippen LogP) is 3.15. The van der Waals surface area contributed by atoms with Gasteiger partial charge in [-0.1, -0.05) is 45.4 Å². The Morgan fingerprint density at radius 2 is 1.73 bits per heavy atom. The second-order valence-corrected chi connectivity index (χ2v) is 9.28. The van der Waals surface area contributed by atoms with Crippen LogP contribution in [0.3, 0.4) is 0 Å². The molecule has 0 saturated carbocycles. The van der Waals surface area contributed by atoms with Crippen LogP contribution in [0.15, 0.2) is 24.3 Å². The topological polar surface area (TPSA) is 78.5 Å². The third-order valence-electron chi connectivity index (χ3n) is 5.44. The first kappa shape index (κ1) is 23.9. The van der Waals surface area contributed by atoms with Crippen LogP contribution < -0.4 is 10.6 Å². The first-order valence-electron chi connectivity index (χ1n) is 11.1. The number of rotatable bonds is 8. The van der Waals surface area contributed by atoms with Crippen molar-refractivity contribution in [3.05, 3.63) is 35.4 Å². The first-order valence-corrected chi connectivity index (χ1v) is 11.1. The van der Waals surface area contributed by atoms with Crippen molar-refractivity contribution in [1.29, 1.82) is 0 Å². The van der Waals surface area contributed by atoms with Crippen molar-refractivity contribution in [2.75, 3.05) is 19.6 Å². The van der Waals surface area contributed by atoms with Crippen molar-refractivity contribution < 1.29 is 14.4 Å². The second kappa shape index (κ2) is 11.1. The maximum atomic E-state index is 12.8. The van der Waals surface area contributed by atoms with Gasteiger partial charge < -0.3 is 15.5 Å². The van der Waals surface area contributed by atoms with Gasteiger partial charge in [0.05, 0.1) is 0 Å². The molecule has 1 heterocycles. The van der Waals surface area contributed by atoms with E-state index in [1.165, 1.54) is 0 Å². The molecule has 6 nitrogen and oxygen atoms in total. The number of hydrogen-bond donors (Lipinski definition) is 2. The molecule has 0 spiro atoms. The molecule has 1 aliphatic heterocycles. The van der Waals surface area contributed by atoms with Gasteiger partial charge in [0.15, 0.2) is 0 Å². The number of nitrogens with zero attached hydrogens (tertiary/aromatic N) is 1. The van der Waals surface area contributed by atoms with Crippen LogP contribution in [0.1, 0.15) is 62.9 Å². The van der Waals surface area contributed by atoms with E-state index in [-0.39, 0.29) is 29.6 Å². The van der Waals surface area contributed by atoms with E-state index in [1.807, 2.05) is 63.8 Å². The Hall–Kier alpha value is -2.37. The summed E-state index contributed by atoms with van der Waals surface area (Å²) in [7, 11) is 0. The number of aryl methyl sites for hydroxylation is 1. The molecular weight excluding hydrogens is 378 g/mol. The summed E-state index contributed by atoms with van der Waals surface area (Å²) in [5, 5.41) is 5.94. The lowest BCUT2D eigenvalue weighted by Gasteiger charge is -2.36. The van der Waals surface area contributed by atoms with Gasteiger partial charge in [0.1, 0.15) is 6.04 Å². The summed E-state index contributed by atoms with van der Waals surface area (Å²) in [6.45, 7) is 11.8. The van der Waals surface area contributed by atoms with Gasteiger partial charge in [-0.05, 0) is 49.7 Å². The minimum Gasteiger partial charge on any atom is -0.354 e. The van der Waals surface area contributed by atoms with Crippen LogP contribution in [0.4, 0.5) is 0 Å².